The summed E-state index contributed by atoms with van der Waals surface area (Å²) in [5.74, 6) is 0.624. The van der Waals surface area contributed by atoms with Crippen LogP contribution in [-0.2, 0) is 0 Å². The first-order valence-electron chi connectivity index (χ1n) is 6.90. The van der Waals surface area contributed by atoms with E-state index in [1.54, 1.807) is 17.0 Å². The zero-order valence-corrected chi connectivity index (χ0v) is 12.6. The summed E-state index contributed by atoms with van der Waals surface area (Å²) in [4.78, 5) is 14.2. The van der Waals surface area contributed by atoms with Gasteiger partial charge >= 0.3 is 0 Å². The van der Waals surface area contributed by atoms with Crippen molar-refractivity contribution in [1.82, 2.24) is 4.90 Å². The minimum atomic E-state index is -0.0653. The van der Waals surface area contributed by atoms with Crippen LogP contribution in [0, 0.1) is 11.3 Å². The Kier molecular flexibility index (Phi) is 6.05. The van der Waals surface area contributed by atoms with Gasteiger partial charge < -0.3 is 9.64 Å². The maximum Gasteiger partial charge on any atom is 0.254 e. The summed E-state index contributed by atoms with van der Waals surface area (Å²) < 4.78 is 5.60. The van der Waals surface area contributed by atoms with Crippen LogP contribution >= 0.6 is 0 Å². The molecular formula is C16H22N2O2. The summed E-state index contributed by atoms with van der Waals surface area (Å²) in [6.45, 7) is 8.24. The molecule has 0 aliphatic carbocycles. The van der Waals surface area contributed by atoms with E-state index in [4.69, 9.17) is 10.00 Å². The quantitative estimate of drug-likeness (QED) is 0.800. The molecule has 0 atom stereocenters. The fourth-order valence-electron chi connectivity index (χ4n) is 1.91. The Morgan fingerprint density at radius 2 is 2.05 bits per heavy atom. The van der Waals surface area contributed by atoms with Gasteiger partial charge in [-0.2, -0.15) is 5.26 Å². The van der Waals surface area contributed by atoms with Crippen LogP contribution in [0.1, 0.15) is 44.5 Å². The zero-order chi connectivity index (χ0) is 15.1. The van der Waals surface area contributed by atoms with Gasteiger partial charge in [0.15, 0.2) is 0 Å². The fourth-order valence-corrected chi connectivity index (χ4v) is 1.91. The first-order chi connectivity index (χ1) is 9.45. The van der Waals surface area contributed by atoms with Crippen molar-refractivity contribution in [3.8, 4) is 11.8 Å². The molecule has 0 heterocycles. The highest BCUT2D eigenvalue weighted by Gasteiger charge is 2.18. The Labute approximate surface area is 121 Å². The maximum atomic E-state index is 12.5. The third-order valence-corrected chi connectivity index (χ3v) is 2.80. The lowest BCUT2D eigenvalue weighted by Crippen LogP contribution is -2.37. The summed E-state index contributed by atoms with van der Waals surface area (Å²) in [6.07, 6.45) is 0.409. The van der Waals surface area contributed by atoms with Crippen LogP contribution in [0.2, 0.25) is 0 Å². The van der Waals surface area contributed by atoms with Crippen LogP contribution in [0.15, 0.2) is 24.3 Å². The highest BCUT2D eigenvalue weighted by Crippen LogP contribution is 2.17. The minimum Gasteiger partial charge on any atom is -0.491 e. The third-order valence-electron chi connectivity index (χ3n) is 2.80. The number of carbonyl (C=O) groups is 1. The van der Waals surface area contributed by atoms with E-state index < -0.39 is 0 Å². The third kappa shape index (κ3) is 4.58. The van der Waals surface area contributed by atoms with E-state index >= 15 is 0 Å². The van der Waals surface area contributed by atoms with Crippen molar-refractivity contribution in [2.24, 2.45) is 0 Å². The van der Waals surface area contributed by atoms with E-state index in [9.17, 15) is 4.79 Å². The van der Waals surface area contributed by atoms with Crippen LogP contribution in [0.4, 0.5) is 0 Å². The number of ether oxygens (including phenoxy) is 1. The minimum absolute atomic E-state index is 0.0607. The van der Waals surface area contributed by atoms with Crippen molar-refractivity contribution in [3.05, 3.63) is 29.8 Å². The van der Waals surface area contributed by atoms with E-state index in [0.717, 1.165) is 0 Å². The van der Waals surface area contributed by atoms with Crippen molar-refractivity contribution in [2.45, 2.75) is 46.3 Å². The standard InChI is InChI=1S/C16H22N2O2/c1-12(2)18(10-6-9-17)16(19)14-7-5-8-15(11-14)20-13(3)4/h5,7-8,11-13H,6,10H2,1-4H3. The predicted molar refractivity (Wildman–Crippen MR) is 78.6 cm³/mol. The molecule has 0 saturated carbocycles. The van der Waals surface area contributed by atoms with Crippen LogP contribution in [0.3, 0.4) is 0 Å². The number of amides is 1. The number of rotatable bonds is 6. The molecule has 0 N–H and O–H groups in total. The van der Waals surface area contributed by atoms with Gasteiger partial charge in [0.25, 0.3) is 5.91 Å². The topological polar surface area (TPSA) is 53.3 Å². The van der Waals surface area contributed by atoms with Crippen molar-refractivity contribution >= 4 is 5.91 Å². The molecule has 20 heavy (non-hydrogen) atoms. The molecule has 4 nitrogen and oxygen atoms in total. The Balaban J connectivity index is 2.91. The predicted octanol–water partition coefficient (Wildman–Crippen LogP) is 3.24. The maximum absolute atomic E-state index is 12.5. The van der Waals surface area contributed by atoms with Crippen molar-refractivity contribution in [3.63, 3.8) is 0 Å². The Morgan fingerprint density at radius 3 is 2.60 bits per heavy atom. The van der Waals surface area contributed by atoms with Gasteiger partial charge in [-0.15, -0.1) is 0 Å². The number of hydrogen-bond donors (Lipinski definition) is 0. The van der Waals surface area contributed by atoms with Gasteiger partial charge in [-0.25, -0.2) is 0 Å². The molecule has 0 radical (unpaired) electrons. The van der Waals surface area contributed by atoms with E-state index in [-0.39, 0.29) is 18.1 Å². The molecule has 4 heteroatoms. The SMILES string of the molecule is CC(C)Oc1cccc(C(=O)N(CCC#N)C(C)C)c1. The molecule has 108 valence electrons. The molecule has 0 spiro atoms. The lowest BCUT2D eigenvalue weighted by atomic mass is 10.1. The first kappa shape index (κ1) is 16.0. The molecule has 0 unspecified atom stereocenters. The Morgan fingerprint density at radius 1 is 1.35 bits per heavy atom. The van der Waals surface area contributed by atoms with Gasteiger partial charge in [-0.05, 0) is 45.9 Å². The van der Waals surface area contributed by atoms with Gasteiger partial charge in [0.2, 0.25) is 0 Å². The molecular weight excluding hydrogens is 252 g/mol. The number of carbonyl (C=O) groups excluding carboxylic acids is 1. The normalized spacial score (nSPS) is 10.4. The summed E-state index contributed by atoms with van der Waals surface area (Å²) in [5, 5.41) is 8.68. The number of nitrogens with zero attached hydrogens (tertiary/aromatic N) is 2. The molecule has 0 fully saturated rings. The van der Waals surface area contributed by atoms with E-state index in [1.807, 2.05) is 39.8 Å². The lowest BCUT2D eigenvalue weighted by Gasteiger charge is -2.26. The average molecular weight is 274 g/mol. The van der Waals surface area contributed by atoms with Crippen LogP contribution < -0.4 is 4.74 Å². The van der Waals surface area contributed by atoms with Crippen LogP contribution in [0.25, 0.3) is 0 Å². The first-order valence-corrected chi connectivity index (χ1v) is 6.90. The van der Waals surface area contributed by atoms with E-state index in [1.165, 1.54) is 0 Å². The molecule has 1 amide bonds. The van der Waals surface area contributed by atoms with E-state index in [0.29, 0.717) is 24.3 Å². The molecule has 0 bridgehead atoms. The molecule has 1 rings (SSSR count). The van der Waals surface area contributed by atoms with E-state index in [2.05, 4.69) is 6.07 Å². The molecule has 0 aliphatic heterocycles. The second-order valence-electron chi connectivity index (χ2n) is 5.19. The fraction of sp³-hybridized carbons (Fsp3) is 0.500. The van der Waals surface area contributed by atoms with Gasteiger partial charge in [0.05, 0.1) is 18.6 Å². The van der Waals surface area contributed by atoms with Gasteiger partial charge in [0, 0.05) is 18.2 Å². The molecule has 1 aromatic carbocycles. The summed E-state index contributed by atoms with van der Waals surface area (Å²) in [6, 6.07) is 9.32. The highest BCUT2D eigenvalue weighted by molar-refractivity contribution is 5.94. The molecule has 1 aromatic rings. The smallest absolute Gasteiger partial charge is 0.254 e. The second kappa shape index (κ2) is 7.54. The summed E-state index contributed by atoms with van der Waals surface area (Å²) in [5.41, 5.74) is 0.592. The zero-order valence-electron chi connectivity index (χ0n) is 12.6. The largest absolute Gasteiger partial charge is 0.491 e. The summed E-state index contributed by atoms with van der Waals surface area (Å²) >= 11 is 0. The highest BCUT2D eigenvalue weighted by atomic mass is 16.5. The second-order valence-corrected chi connectivity index (χ2v) is 5.19. The molecule has 0 aromatic heterocycles. The Hall–Kier alpha value is -2.02. The molecule has 0 saturated heterocycles. The Bertz CT molecular complexity index is 489. The number of hydrogen-bond acceptors (Lipinski definition) is 3. The van der Waals surface area contributed by atoms with Gasteiger partial charge in [-0.3, -0.25) is 4.79 Å². The number of nitriles is 1. The van der Waals surface area contributed by atoms with Crippen LogP contribution in [0.5, 0.6) is 5.75 Å². The van der Waals surface area contributed by atoms with Gasteiger partial charge in [0.1, 0.15) is 5.75 Å². The van der Waals surface area contributed by atoms with Crippen molar-refractivity contribution < 1.29 is 9.53 Å². The molecule has 0 aliphatic rings. The number of benzene rings is 1. The van der Waals surface area contributed by atoms with Crippen LogP contribution in [-0.4, -0.2) is 29.5 Å². The summed E-state index contributed by atoms with van der Waals surface area (Å²) in [7, 11) is 0. The van der Waals surface area contributed by atoms with Crippen molar-refractivity contribution in [2.75, 3.05) is 6.54 Å². The van der Waals surface area contributed by atoms with Crippen molar-refractivity contribution in [1.29, 1.82) is 5.26 Å². The monoisotopic (exact) mass is 274 g/mol. The average Bonchev–Trinajstić information content (AvgIpc) is 2.38. The lowest BCUT2D eigenvalue weighted by molar-refractivity contribution is 0.0709. The van der Waals surface area contributed by atoms with Gasteiger partial charge in [-0.1, -0.05) is 6.07 Å².